The molecule has 0 saturated carbocycles. The number of halogens is 3. The molecular formula is C17H25F3N2O3S. The maximum atomic E-state index is 12.7. The Morgan fingerprint density at radius 3 is 2.38 bits per heavy atom. The Morgan fingerprint density at radius 1 is 1.15 bits per heavy atom. The number of nitrogens with one attached hydrogen (secondary N) is 2. The lowest BCUT2D eigenvalue weighted by atomic mass is 10.0. The molecule has 1 amide bonds. The Kier molecular flexibility index (Phi) is 8.08. The molecule has 0 fully saturated rings. The fourth-order valence-electron chi connectivity index (χ4n) is 2.31. The Labute approximate surface area is 152 Å². The molecule has 9 heteroatoms. The van der Waals surface area contributed by atoms with Crippen LogP contribution in [0, 0.1) is 5.92 Å². The summed E-state index contributed by atoms with van der Waals surface area (Å²) in [5.41, 5.74) is -1.07. The Balaban J connectivity index is 2.59. The fraction of sp³-hybridized carbons (Fsp3) is 0.588. The first-order chi connectivity index (χ1) is 11.9. The van der Waals surface area contributed by atoms with Crippen LogP contribution < -0.4 is 10.0 Å². The Morgan fingerprint density at radius 2 is 1.81 bits per heavy atom. The lowest BCUT2D eigenvalue weighted by Crippen LogP contribution is -2.40. The van der Waals surface area contributed by atoms with E-state index in [1.165, 1.54) is 0 Å². The fourth-order valence-corrected chi connectivity index (χ4v) is 3.34. The van der Waals surface area contributed by atoms with Crippen molar-refractivity contribution >= 4 is 15.9 Å². The van der Waals surface area contributed by atoms with Gasteiger partial charge in [0.25, 0.3) is 0 Å². The van der Waals surface area contributed by atoms with Crippen LogP contribution in [0.5, 0.6) is 0 Å². The Hall–Kier alpha value is -1.61. The number of hydrogen-bond acceptors (Lipinski definition) is 3. The van der Waals surface area contributed by atoms with Crippen LogP contribution in [-0.4, -0.2) is 26.9 Å². The lowest BCUT2D eigenvalue weighted by Gasteiger charge is -2.15. The average Bonchev–Trinajstić information content (AvgIpc) is 2.52. The zero-order valence-electron chi connectivity index (χ0n) is 15.1. The van der Waals surface area contributed by atoms with Crippen molar-refractivity contribution in [2.75, 3.05) is 6.54 Å². The normalized spacial score (nSPS) is 13.7. The Bertz CT molecular complexity index is 703. The minimum absolute atomic E-state index is 0.112. The molecule has 26 heavy (non-hydrogen) atoms. The van der Waals surface area contributed by atoms with Gasteiger partial charge in [0, 0.05) is 6.04 Å². The molecule has 0 aliphatic rings. The third-order valence-electron chi connectivity index (χ3n) is 3.72. The van der Waals surface area contributed by atoms with E-state index < -0.39 is 39.1 Å². The number of carbonyl (C=O) groups excluding carboxylic acids is 1. The highest BCUT2D eigenvalue weighted by Crippen LogP contribution is 2.30. The summed E-state index contributed by atoms with van der Waals surface area (Å²) in [6.45, 7) is 5.49. The summed E-state index contributed by atoms with van der Waals surface area (Å²) in [5, 5.41) is 2.67. The highest BCUT2D eigenvalue weighted by Gasteiger charge is 2.31. The van der Waals surface area contributed by atoms with Crippen molar-refractivity contribution in [1.29, 1.82) is 0 Å². The van der Waals surface area contributed by atoms with Crippen molar-refractivity contribution in [3.63, 3.8) is 0 Å². The minimum atomic E-state index is -4.64. The predicted molar refractivity (Wildman–Crippen MR) is 92.9 cm³/mol. The second-order valence-electron chi connectivity index (χ2n) is 6.64. The van der Waals surface area contributed by atoms with E-state index >= 15 is 0 Å². The van der Waals surface area contributed by atoms with E-state index in [1.807, 2.05) is 11.6 Å². The summed E-state index contributed by atoms with van der Waals surface area (Å²) >= 11 is 0. The van der Waals surface area contributed by atoms with E-state index in [4.69, 9.17) is 0 Å². The van der Waals surface area contributed by atoms with Crippen LogP contribution in [0.15, 0.2) is 29.2 Å². The van der Waals surface area contributed by atoms with Crippen molar-refractivity contribution in [1.82, 2.24) is 10.0 Å². The van der Waals surface area contributed by atoms with Gasteiger partial charge in [-0.05, 0) is 37.5 Å². The quantitative estimate of drug-likeness (QED) is 0.675. The molecule has 1 aromatic rings. The molecule has 0 heterocycles. The van der Waals surface area contributed by atoms with Gasteiger partial charge in [-0.1, -0.05) is 32.8 Å². The van der Waals surface area contributed by atoms with Gasteiger partial charge in [0.1, 0.15) is 0 Å². The molecule has 1 atom stereocenters. The highest BCUT2D eigenvalue weighted by atomic mass is 32.2. The highest BCUT2D eigenvalue weighted by molar-refractivity contribution is 7.89. The van der Waals surface area contributed by atoms with Gasteiger partial charge >= 0.3 is 6.18 Å². The molecule has 148 valence electrons. The molecule has 0 saturated heterocycles. The summed E-state index contributed by atoms with van der Waals surface area (Å²) in [5.74, 6) is 0.0368. The number of alkyl halides is 3. The van der Waals surface area contributed by atoms with Crippen molar-refractivity contribution in [2.24, 2.45) is 5.92 Å². The predicted octanol–water partition coefficient (Wildman–Crippen LogP) is 3.31. The van der Waals surface area contributed by atoms with Crippen LogP contribution >= 0.6 is 0 Å². The van der Waals surface area contributed by atoms with Gasteiger partial charge in [0.2, 0.25) is 15.9 Å². The van der Waals surface area contributed by atoms with Crippen LogP contribution in [-0.2, 0) is 21.0 Å². The van der Waals surface area contributed by atoms with Gasteiger partial charge in [-0.15, -0.1) is 0 Å². The summed E-state index contributed by atoms with van der Waals surface area (Å²) in [6, 6.07) is 3.26. The molecule has 5 nitrogen and oxygen atoms in total. The number of rotatable bonds is 9. The average molecular weight is 394 g/mol. The van der Waals surface area contributed by atoms with Gasteiger partial charge in [0.15, 0.2) is 0 Å². The first-order valence-electron chi connectivity index (χ1n) is 8.38. The minimum Gasteiger partial charge on any atom is -0.353 e. The van der Waals surface area contributed by atoms with E-state index in [9.17, 15) is 26.4 Å². The van der Waals surface area contributed by atoms with Crippen LogP contribution in [0.4, 0.5) is 13.2 Å². The van der Waals surface area contributed by atoms with Crippen LogP contribution in [0.3, 0.4) is 0 Å². The van der Waals surface area contributed by atoms with Gasteiger partial charge in [-0.2, -0.15) is 13.2 Å². The zero-order chi connectivity index (χ0) is 20.0. The van der Waals surface area contributed by atoms with E-state index in [0.29, 0.717) is 12.0 Å². The smallest absolute Gasteiger partial charge is 0.353 e. The molecule has 1 rings (SSSR count). The zero-order valence-corrected chi connectivity index (χ0v) is 15.9. The number of hydrogen-bond donors (Lipinski definition) is 2. The second-order valence-corrected chi connectivity index (χ2v) is 8.41. The van der Waals surface area contributed by atoms with E-state index in [-0.39, 0.29) is 6.04 Å². The van der Waals surface area contributed by atoms with Gasteiger partial charge in [-0.3, -0.25) is 4.79 Å². The van der Waals surface area contributed by atoms with Gasteiger partial charge in [0.05, 0.1) is 17.0 Å². The molecule has 1 unspecified atom stereocenters. The summed E-state index contributed by atoms with van der Waals surface area (Å²) in [4.78, 5) is 11.3. The molecule has 0 bridgehead atoms. The largest absolute Gasteiger partial charge is 0.416 e. The summed E-state index contributed by atoms with van der Waals surface area (Å²) in [6.07, 6.45) is -1.91. The molecule has 1 aromatic carbocycles. The number of sulfonamides is 1. The molecule has 0 aromatic heterocycles. The molecular weight excluding hydrogens is 369 g/mol. The molecule has 0 aliphatic carbocycles. The van der Waals surface area contributed by atoms with E-state index in [2.05, 4.69) is 19.2 Å². The SMILES string of the molecule is CC(C)CCCC(C)NC(=O)CNS(=O)(=O)c1cccc(C(F)(F)F)c1. The summed E-state index contributed by atoms with van der Waals surface area (Å²) < 4.78 is 64.3. The van der Waals surface area contributed by atoms with Crippen molar-refractivity contribution in [3.8, 4) is 0 Å². The van der Waals surface area contributed by atoms with Crippen molar-refractivity contribution in [3.05, 3.63) is 29.8 Å². The molecule has 0 aliphatic heterocycles. The van der Waals surface area contributed by atoms with Crippen molar-refractivity contribution in [2.45, 2.75) is 57.1 Å². The number of carbonyl (C=O) groups is 1. The molecule has 0 spiro atoms. The van der Waals surface area contributed by atoms with Crippen LogP contribution in [0.25, 0.3) is 0 Å². The van der Waals surface area contributed by atoms with E-state index in [1.54, 1.807) is 0 Å². The monoisotopic (exact) mass is 394 g/mol. The van der Waals surface area contributed by atoms with E-state index in [0.717, 1.165) is 37.5 Å². The molecule has 0 radical (unpaired) electrons. The molecule has 2 N–H and O–H groups in total. The third-order valence-corrected chi connectivity index (χ3v) is 5.12. The maximum absolute atomic E-state index is 12.7. The van der Waals surface area contributed by atoms with Gasteiger partial charge in [-0.25, -0.2) is 13.1 Å². The first kappa shape index (κ1) is 22.4. The van der Waals surface area contributed by atoms with Crippen LogP contribution in [0.1, 0.15) is 45.6 Å². The second kappa shape index (κ2) is 9.36. The maximum Gasteiger partial charge on any atom is 0.416 e. The third kappa shape index (κ3) is 7.74. The van der Waals surface area contributed by atoms with Crippen LogP contribution in [0.2, 0.25) is 0 Å². The first-order valence-corrected chi connectivity index (χ1v) is 9.86. The lowest BCUT2D eigenvalue weighted by molar-refractivity contribution is -0.137. The summed E-state index contributed by atoms with van der Waals surface area (Å²) in [7, 11) is -4.21. The topological polar surface area (TPSA) is 75.3 Å². The number of benzene rings is 1. The van der Waals surface area contributed by atoms with Gasteiger partial charge < -0.3 is 5.32 Å². The van der Waals surface area contributed by atoms with Crippen molar-refractivity contribution < 1.29 is 26.4 Å². The number of amides is 1. The standard InChI is InChI=1S/C17H25F3N2O3S/c1-12(2)6-4-7-13(3)22-16(23)11-21-26(24,25)15-9-5-8-14(10-15)17(18,19)20/h5,8-10,12-13,21H,4,6-7,11H2,1-3H3,(H,22,23).